The van der Waals surface area contributed by atoms with Gasteiger partial charge in [-0.2, -0.15) is 0 Å². The lowest BCUT2D eigenvalue weighted by Gasteiger charge is -2.09. The molecule has 0 atom stereocenters. The molecular weight excluding hydrogens is 134 g/mol. The largest absolute Gasteiger partial charge is 0.384 e. The Balaban J connectivity index is 3.74. The summed E-state index contributed by atoms with van der Waals surface area (Å²) in [4.78, 5) is 2.13. The van der Waals surface area contributed by atoms with Gasteiger partial charge >= 0.3 is 0 Å². The lowest BCUT2D eigenvalue weighted by atomic mass is 10.1. The van der Waals surface area contributed by atoms with Gasteiger partial charge in [0, 0.05) is 14.1 Å². The van der Waals surface area contributed by atoms with Crippen molar-refractivity contribution in [3.05, 3.63) is 11.8 Å². The van der Waals surface area contributed by atoms with Crippen LogP contribution in [0.5, 0.6) is 0 Å². The van der Waals surface area contributed by atoms with Gasteiger partial charge in [0.15, 0.2) is 0 Å². The Bertz CT molecular complexity index is 114. The van der Waals surface area contributed by atoms with E-state index in [0.717, 1.165) is 0 Å². The smallest absolute Gasteiger partial charge is 0.00556 e. The second kappa shape index (κ2) is 6.26. The van der Waals surface area contributed by atoms with E-state index in [9.17, 15) is 0 Å². The fourth-order valence-electron chi connectivity index (χ4n) is 1.10. The van der Waals surface area contributed by atoms with Gasteiger partial charge in [0.1, 0.15) is 0 Å². The summed E-state index contributed by atoms with van der Waals surface area (Å²) in [6, 6.07) is 0. The molecule has 0 fully saturated rings. The maximum Gasteiger partial charge on any atom is 0.00556 e. The zero-order valence-electron chi connectivity index (χ0n) is 8.35. The van der Waals surface area contributed by atoms with Gasteiger partial charge in [-0.3, -0.25) is 0 Å². The first-order chi connectivity index (χ1) is 5.20. The predicted molar refractivity (Wildman–Crippen MR) is 51.6 cm³/mol. The second-order valence-corrected chi connectivity index (χ2v) is 3.21. The van der Waals surface area contributed by atoms with E-state index in [-0.39, 0.29) is 0 Å². The molecule has 0 aromatic rings. The van der Waals surface area contributed by atoms with Crippen molar-refractivity contribution in [3.8, 4) is 0 Å². The molecule has 0 aliphatic heterocycles. The highest BCUT2D eigenvalue weighted by Crippen LogP contribution is 2.10. The molecule has 0 spiro atoms. The van der Waals surface area contributed by atoms with E-state index in [1.54, 1.807) is 5.57 Å². The number of unbranched alkanes of at least 4 members (excludes halogenated alkanes) is 1. The van der Waals surface area contributed by atoms with Crippen LogP contribution in [0.15, 0.2) is 11.8 Å². The van der Waals surface area contributed by atoms with Gasteiger partial charge in [0.05, 0.1) is 0 Å². The van der Waals surface area contributed by atoms with Crippen molar-refractivity contribution in [2.24, 2.45) is 0 Å². The molecule has 0 aliphatic carbocycles. The molecule has 0 unspecified atom stereocenters. The Morgan fingerprint density at radius 1 is 1.27 bits per heavy atom. The molecule has 0 heterocycles. The van der Waals surface area contributed by atoms with E-state index in [1.165, 1.54) is 25.7 Å². The highest BCUT2D eigenvalue weighted by Gasteiger charge is 1.93. The third-order valence-corrected chi connectivity index (χ3v) is 1.75. The van der Waals surface area contributed by atoms with Gasteiger partial charge in [-0.1, -0.05) is 25.8 Å². The average molecular weight is 155 g/mol. The Hall–Kier alpha value is -0.460. The summed E-state index contributed by atoms with van der Waals surface area (Å²) in [6.45, 7) is 4.47. The zero-order valence-corrected chi connectivity index (χ0v) is 8.35. The number of allylic oxidation sites excluding steroid dienone is 1. The van der Waals surface area contributed by atoms with Crippen molar-refractivity contribution in [2.75, 3.05) is 14.1 Å². The highest BCUT2D eigenvalue weighted by molar-refractivity contribution is 4.99. The van der Waals surface area contributed by atoms with Gasteiger partial charge in [-0.25, -0.2) is 0 Å². The minimum atomic E-state index is 1.19. The van der Waals surface area contributed by atoms with E-state index < -0.39 is 0 Å². The van der Waals surface area contributed by atoms with Gasteiger partial charge < -0.3 is 4.90 Å². The summed E-state index contributed by atoms with van der Waals surface area (Å²) in [5.74, 6) is 0. The molecule has 0 bridgehead atoms. The molecule has 0 rings (SSSR count). The van der Waals surface area contributed by atoms with E-state index in [4.69, 9.17) is 0 Å². The second-order valence-electron chi connectivity index (χ2n) is 3.21. The van der Waals surface area contributed by atoms with Crippen LogP contribution in [0.2, 0.25) is 0 Å². The topological polar surface area (TPSA) is 3.24 Å². The van der Waals surface area contributed by atoms with Crippen LogP contribution in [-0.4, -0.2) is 19.0 Å². The van der Waals surface area contributed by atoms with Gasteiger partial charge in [-0.15, -0.1) is 0 Å². The van der Waals surface area contributed by atoms with Crippen LogP contribution in [0, 0.1) is 0 Å². The molecule has 0 aromatic heterocycles. The normalized spacial score (nSPS) is 11.8. The highest BCUT2D eigenvalue weighted by atomic mass is 15.0. The van der Waals surface area contributed by atoms with Crippen LogP contribution < -0.4 is 0 Å². The fraction of sp³-hybridized carbons (Fsp3) is 0.800. The number of rotatable bonds is 5. The number of nitrogens with zero attached hydrogens (tertiary/aromatic N) is 1. The van der Waals surface area contributed by atoms with Gasteiger partial charge in [0.2, 0.25) is 0 Å². The maximum absolute atomic E-state index is 2.25. The molecule has 0 aromatic carbocycles. The molecular formula is C10H21N. The summed E-state index contributed by atoms with van der Waals surface area (Å²) in [5, 5.41) is 0. The molecule has 0 aliphatic rings. The lowest BCUT2D eigenvalue weighted by Crippen LogP contribution is -2.02. The summed E-state index contributed by atoms with van der Waals surface area (Å²) in [6.07, 6.45) is 7.33. The SMILES string of the molecule is CCCC/C(=C\N(C)C)CC. The van der Waals surface area contributed by atoms with Crippen molar-refractivity contribution in [3.63, 3.8) is 0 Å². The molecule has 1 heteroatoms. The summed E-state index contributed by atoms with van der Waals surface area (Å²) in [7, 11) is 4.17. The quantitative estimate of drug-likeness (QED) is 0.590. The van der Waals surface area contributed by atoms with Crippen LogP contribution in [0.4, 0.5) is 0 Å². The van der Waals surface area contributed by atoms with Crippen molar-refractivity contribution < 1.29 is 0 Å². The molecule has 66 valence electrons. The molecule has 0 radical (unpaired) electrons. The third-order valence-electron chi connectivity index (χ3n) is 1.75. The minimum Gasteiger partial charge on any atom is -0.384 e. The number of hydrogen-bond acceptors (Lipinski definition) is 1. The van der Waals surface area contributed by atoms with Crippen LogP contribution in [0.25, 0.3) is 0 Å². The van der Waals surface area contributed by atoms with Crippen LogP contribution >= 0.6 is 0 Å². The Labute approximate surface area is 71.1 Å². The van der Waals surface area contributed by atoms with Crippen molar-refractivity contribution in [1.29, 1.82) is 0 Å². The first kappa shape index (κ1) is 10.5. The van der Waals surface area contributed by atoms with Crippen LogP contribution in [0.3, 0.4) is 0 Å². The van der Waals surface area contributed by atoms with E-state index in [1.807, 2.05) is 0 Å². The monoisotopic (exact) mass is 155 g/mol. The maximum atomic E-state index is 2.25. The predicted octanol–water partition coefficient (Wildman–Crippen LogP) is 3.03. The average Bonchev–Trinajstić information content (AvgIpc) is 1.97. The first-order valence-electron chi connectivity index (χ1n) is 4.56. The van der Waals surface area contributed by atoms with E-state index >= 15 is 0 Å². The van der Waals surface area contributed by atoms with Crippen LogP contribution in [0.1, 0.15) is 39.5 Å². The minimum absolute atomic E-state index is 1.19. The van der Waals surface area contributed by atoms with Crippen molar-refractivity contribution >= 4 is 0 Å². The fourth-order valence-corrected chi connectivity index (χ4v) is 1.10. The first-order valence-corrected chi connectivity index (χ1v) is 4.56. The molecule has 11 heavy (non-hydrogen) atoms. The molecule has 0 saturated carbocycles. The summed E-state index contributed by atoms with van der Waals surface area (Å²) in [5.41, 5.74) is 1.57. The number of hydrogen-bond donors (Lipinski definition) is 0. The third kappa shape index (κ3) is 5.96. The summed E-state index contributed by atoms with van der Waals surface area (Å²) < 4.78 is 0. The molecule has 1 nitrogen and oxygen atoms in total. The van der Waals surface area contributed by atoms with Crippen LogP contribution in [-0.2, 0) is 0 Å². The Kier molecular flexibility index (Phi) is 6.00. The molecule has 0 N–H and O–H groups in total. The standard InChI is InChI=1S/C10H21N/c1-5-7-8-10(6-2)9-11(3)4/h9H,5-8H2,1-4H3/b10-9-. The molecule has 0 amide bonds. The van der Waals surface area contributed by atoms with Gasteiger partial charge in [-0.05, 0) is 25.5 Å². The Morgan fingerprint density at radius 2 is 1.91 bits per heavy atom. The summed E-state index contributed by atoms with van der Waals surface area (Å²) >= 11 is 0. The van der Waals surface area contributed by atoms with Crippen molar-refractivity contribution in [1.82, 2.24) is 4.90 Å². The van der Waals surface area contributed by atoms with Crippen molar-refractivity contribution in [2.45, 2.75) is 39.5 Å². The lowest BCUT2D eigenvalue weighted by molar-refractivity contribution is 0.549. The Morgan fingerprint density at radius 3 is 2.27 bits per heavy atom. The van der Waals surface area contributed by atoms with E-state index in [2.05, 4.69) is 39.0 Å². The van der Waals surface area contributed by atoms with Gasteiger partial charge in [0.25, 0.3) is 0 Å². The molecule has 0 saturated heterocycles. The van der Waals surface area contributed by atoms with E-state index in [0.29, 0.717) is 0 Å². The zero-order chi connectivity index (χ0) is 8.69.